The molecule has 0 saturated heterocycles. The molecule has 0 bridgehead atoms. The van der Waals surface area contributed by atoms with Gasteiger partial charge in [-0.2, -0.15) is 5.10 Å². The normalized spacial score (nSPS) is 16.4. The average molecular weight is 319 g/mol. The number of ether oxygens (including phenoxy) is 1. The van der Waals surface area contributed by atoms with E-state index < -0.39 is 0 Å². The monoisotopic (exact) mass is 319 g/mol. The average Bonchev–Trinajstić information content (AvgIpc) is 3.05. The Kier molecular flexibility index (Phi) is 3.54. The lowest BCUT2D eigenvalue weighted by molar-refractivity contribution is -0.116. The van der Waals surface area contributed by atoms with E-state index in [9.17, 15) is 4.79 Å². The molecule has 5 nitrogen and oxygen atoms in total. The molecule has 2 heterocycles. The van der Waals surface area contributed by atoms with Gasteiger partial charge in [-0.15, -0.1) is 0 Å². The Morgan fingerprint density at radius 1 is 1.12 bits per heavy atom. The van der Waals surface area contributed by atoms with Gasteiger partial charge in [0.05, 0.1) is 12.8 Å². The zero-order valence-corrected chi connectivity index (χ0v) is 13.2. The van der Waals surface area contributed by atoms with E-state index in [1.165, 1.54) is 0 Å². The number of amides is 1. The van der Waals surface area contributed by atoms with Gasteiger partial charge in [-0.3, -0.25) is 9.89 Å². The molecule has 1 atom stereocenters. The molecular weight excluding hydrogens is 302 g/mol. The van der Waals surface area contributed by atoms with Crippen molar-refractivity contribution in [3.8, 4) is 17.0 Å². The third-order valence-electron chi connectivity index (χ3n) is 4.36. The van der Waals surface area contributed by atoms with Crippen molar-refractivity contribution >= 4 is 11.7 Å². The van der Waals surface area contributed by atoms with Crippen LogP contribution in [-0.4, -0.2) is 23.2 Å². The molecule has 0 radical (unpaired) electrons. The summed E-state index contributed by atoms with van der Waals surface area (Å²) in [6.45, 7) is 0. The van der Waals surface area contributed by atoms with Crippen molar-refractivity contribution in [3.05, 3.63) is 65.7 Å². The Balaban J connectivity index is 1.86. The number of fused-ring (bicyclic) bond motifs is 1. The third kappa shape index (κ3) is 2.44. The molecular formula is C19H17N3O2. The minimum atomic E-state index is -0.0576. The van der Waals surface area contributed by atoms with Gasteiger partial charge in [0, 0.05) is 17.9 Å². The quantitative estimate of drug-likeness (QED) is 0.775. The topological polar surface area (TPSA) is 67.0 Å². The van der Waals surface area contributed by atoms with Gasteiger partial charge in [0.1, 0.15) is 5.75 Å². The van der Waals surface area contributed by atoms with Crippen LogP contribution in [0.5, 0.6) is 5.75 Å². The van der Waals surface area contributed by atoms with Crippen molar-refractivity contribution in [2.75, 3.05) is 12.4 Å². The highest BCUT2D eigenvalue weighted by Crippen LogP contribution is 2.42. The number of benzene rings is 2. The van der Waals surface area contributed by atoms with Crippen LogP contribution in [-0.2, 0) is 4.79 Å². The fourth-order valence-electron chi connectivity index (χ4n) is 3.22. The molecule has 0 aliphatic carbocycles. The van der Waals surface area contributed by atoms with Crippen LogP contribution in [0, 0.1) is 0 Å². The fourth-order valence-corrected chi connectivity index (χ4v) is 3.22. The Bertz CT molecular complexity index is 887. The largest absolute Gasteiger partial charge is 0.497 e. The number of nitrogens with one attached hydrogen (secondary N) is 2. The predicted molar refractivity (Wildman–Crippen MR) is 92.1 cm³/mol. The predicted octanol–water partition coefficient (Wildman–Crippen LogP) is 3.56. The van der Waals surface area contributed by atoms with Crippen molar-refractivity contribution in [3.63, 3.8) is 0 Å². The maximum Gasteiger partial charge on any atom is 0.226 e. The number of carbonyl (C=O) groups is 1. The van der Waals surface area contributed by atoms with Gasteiger partial charge >= 0.3 is 0 Å². The first-order valence-corrected chi connectivity index (χ1v) is 7.83. The number of nitrogens with zero attached hydrogens (tertiary/aromatic N) is 1. The SMILES string of the molecule is COc1cccc(C2CC(=O)Nc3n[nH]c(-c4ccccc4)c32)c1. The van der Waals surface area contributed by atoms with E-state index >= 15 is 0 Å². The van der Waals surface area contributed by atoms with E-state index in [1.54, 1.807) is 7.11 Å². The highest BCUT2D eigenvalue weighted by molar-refractivity contribution is 5.96. The van der Waals surface area contributed by atoms with E-state index in [0.717, 1.165) is 28.1 Å². The number of anilines is 1. The Morgan fingerprint density at radius 2 is 1.96 bits per heavy atom. The maximum atomic E-state index is 12.1. The molecule has 0 spiro atoms. The summed E-state index contributed by atoms with van der Waals surface area (Å²) >= 11 is 0. The first-order chi connectivity index (χ1) is 11.8. The van der Waals surface area contributed by atoms with E-state index in [1.807, 2.05) is 54.6 Å². The third-order valence-corrected chi connectivity index (χ3v) is 4.36. The molecule has 2 N–H and O–H groups in total. The van der Waals surface area contributed by atoms with Crippen LogP contribution in [0.4, 0.5) is 5.82 Å². The van der Waals surface area contributed by atoms with Gasteiger partial charge < -0.3 is 10.1 Å². The fraction of sp³-hybridized carbons (Fsp3) is 0.158. The van der Waals surface area contributed by atoms with Crippen molar-refractivity contribution in [1.29, 1.82) is 0 Å². The molecule has 3 aromatic rings. The number of hydrogen-bond donors (Lipinski definition) is 2. The van der Waals surface area contributed by atoms with Crippen LogP contribution in [0.15, 0.2) is 54.6 Å². The molecule has 5 heteroatoms. The summed E-state index contributed by atoms with van der Waals surface area (Å²) in [5.41, 5.74) is 4.06. The minimum Gasteiger partial charge on any atom is -0.497 e. The van der Waals surface area contributed by atoms with Crippen LogP contribution in [0.25, 0.3) is 11.3 Å². The maximum absolute atomic E-state index is 12.1. The molecule has 0 fully saturated rings. The highest BCUT2D eigenvalue weighted by atomic mass is 16.5. The summed E-state index contributed by atoms with van der Waals surface area (Å²) in [6, 6.07) is 17.9. The molecule has 24 heavy (non-hydrogen) atoms. The van der Waals surface area contributed by atoms with Gasteiger partial charge in [0.2, 0.25) is 5.91 Å². The van der Waals surface area contributed by atoms with Crippen molar-refractivity contribution in [1.82, 2.24) is 10.2 Å². The van der Waals surface area contributed by atoms with Gasteiger partial charge in [0.15, 0.2) is 5.82 Å². The number of rotatable bonds is 3. The van der Waals surface area contributed by atoms with Gasteiger partial charge in [-0.05, 0) is 23.3 Å². The molecule has 1 amide bonds. The molecule has 1 unspecified atom stereocenters. The lowest BCUT2D eigenvalue weighted by atomic mass is 9.84. The van der Waals surface area contributed by atoms with Crippen molar-refractivity contribution in [2.24, 2.45) is 0 Å². The molecule has 1 aliphatic rings. The first-order valence-electron chi connectivity index (χ1n) is 7.83. The van der Waals surface area contributed by atoms with E-state index in [4.69, 9.17) is 4.74 Å². The van der Waals surface area contributed by atoms with Crippen LogP contribution < -0.4 is 10.1 Å². The molecule has 0 saturated carbocycles. The summed E-state index contributed by atoms with van der Waals surface area (Å²) in [7, 11) is 1.64. The molecule has 4 rings (SSSR count). The first kappa shape index (κ1) is 14.5. The number of aromatic nitrogens is 2. The second kappa shape index (κ2) is 5.85. The lowest BCUT2D eigenvalue weighted by Crippen LogP contribution is -2.23. The molecule has 1 aromatic heterocycles. The van der Waals surface area contributed by atoms with E-state index in [2.05, 4.69) is 15.5 Å². The van der Waals surface area contributed by atoms with Crippen LogP contribution in [0.3, 0.4) is 0 Å². The summed E-state index contributed by atoms with van der Waals surface area (Å²) in [5.74, 6) is 1.31. The lowest BCUT2D eigenvalue weighted by Gasteiger charge is -2.23. The number of H-pyrrole nitrogens is 1. The number of carbonyl (C=O) groups excluding carboxylic acids is 1. The van der Waals surface area contributed by atoms with Gasteiger partial charge in [-0.25, -0.2) is 0 Å². The molecule has 120 valence electrons. The second-order valence-corrected chi connectivity index (χ2v) is 5.81. The smallest absolute Gasteiger partial charge is 0.226 e. The van der Waals surface area contributed by atoms with E-state index in [-0.39, 0.29) is 11.8 Å². The van der Waals surface area contributed by atoms with Crippen LogP contribution >= 0.6 is 0 Å². The number of hydrogen-bond acceptors (Lipinski definition) is 3. The Labute approximate surface area is 139 Å². The van der Waals surface area contributed by atoms with Crippen LogP contribution in [0.2, 0.25) is 0 Å². The van der Waals surface area contributed by atoms with E-state index in [0.29, 0.717) is 12.2 Å². The number of methoxy groups -OCH3 is 1. The van der Waals surface area contributed by atoms with Crippen LogP contribution in [0.1, 0.15) is 23.5 Å². The molecule has 1 aliphatic heterocycles. The van der Waals surface area contributed by atoms with Gasteiger partial charge in [-0.1, -0.05) is 42.5 Å². The Morgan fingerprint density at radius 3 is 2.75 bits per heavy atom. The van der Waals surface area contributed by atoms with Gasteiger partial charge in [0.25, 0.3) is 0 Å². The zero-order valence-electron chi connectivity index (χ0n) is 13.2. The summed E-state index contributed by atoms with van der Waals surface area (Å²) in [6.07, 6.45) is 0.388. The molecule has 2 aromatic carbocycles. The summed E-state index contributed by atoms with van der Waals surface area (Å²) in [4.78, 5) is 12.1. The Hall–Kier alpha value is -3.08. The number of aromatic amines is 1. The summed E-state index contributed by atoms with van der Waals surface area (Å²) < 4.78 is 5.33. The van der Waals surface area contributed by atoms with Crippen molar-refractivity contribution in [2.45, 2.75) is 12.3 Å². The summed E-state index contributed by atoms with van der Waals surface area (Å²) in [5, 5.41) is 10.3. The zero-order chi connectivity index (χ0) is 16.5. The minimum absolute atomic E-state index is 0.0265. The standard InChI is InChI=1S/C19H17N3O2/c1-24-14-9-5-8-13(10-14)15-11-16(23)20-19-17(15)18(21-22-19)12-6-3-2-4-7-12/h2-10,15H,11H2,1H3,(H2,20,21,22,23). The van der Waals surface area contributed by atoms with Crippen molar-refractivity contribution < 1.29 is 9.53 Å². The second-order valence-electron chi connectivity index (χ2n) is 5.81. The highest BCUT2D eigenvalue weighted by Gasteiger charge is 2.32.